The first kappa shape index (κ1) is 15.8. The molecule has 6 heteroatoms. The number of alkyl halides is 1. The average Bonchev–Trinajstić information content (AvgIpc) is 2.81. The van der Waals surface area contributed by atoms with Crippen molar-refractivity contribution in [3.8, 4) is 0 Å². The number of halogens is 1. The van der Waals surface area contributed by atoms with Crippen LogP contribution < -0.4 is 0 Å². The minimum Gasteiger partial charge on any atom is -0.342 e. The summed E-state index contributed by atoms with van der Waals surface area (Å²) in [5, 5.41) is 0. The smallest absolute Gasteiger partial charge is 0.237 e. The Bertz CT molecular complexity index is 350. The first-order valence-electron chi connectivity index (χ1n) is 6.59. The van der Waals surface area contributed by atoms with Gasteiger partial charge in [0.05, 0.1) is 5.75 Å². The van der Waals surface area contributed by atoms with Crippen LogP contribution in [0.1, 0.15) is 38.5 Å². The number of carbonyl (C=O) groups is 1. The van der Waals surface area contributed by atoms with Crippen LogP contribution in [0.4, 0.5) is 0 Å². The molecule has 0 spiro atoms. The first-order chi connectivity index (χ1) is 8.55. The molecule has 1 amide bonds. The van der Waals surface area contributed by atoms with E-state index in [1.165, 1.54) is 0 Å². The third kappa shape index (κ3) is 6.05. The van der Waals surface area contributed by atoms with Gasteiger partial charge in [0.2, 0.25) is 5.91 Å². The SMILES string of the molecule is O=C(CS(=O)(=O)CCCCCCCl)N1CCCC1. The van der Waals surface area contributed by atoms with Crippen molar-refractivity contribution in [2.24, 2.45) is 0 Å². The van der Waals surface area contributed by atoms with E-state index in [1.807, 2.05) is 0 Å². The highest BCUT2D eigenvalue weighted by Crippen LogP contribution is 2.10. The highest BCUT2D eigenvalue weighted by Gasteiger charge is 2.23. The normalized spacial score (nSPS) is 16.2. The zero-order valence-electron chi connectivity index (χ0n) is 10.7. The van der Waals surface area contributed by atoms with Crippen LogP contribution in [0.15, 0.2) is 0 Å². The summed E-state index contributed by atoms with van der Waals surface area (Å²) in [6.45, 7) is 1.42. The summed E-state index contributed by atoms with van der Waals surface area (Å²) in [4.78, 5) is 13.4. The van der Waals surface area contributed by atoms with Crippen molar-refractivity contribution >= 4 is 27.3 Å². The van der Waals surface area contributed by atoms with Crippen LogP contribution >= 0.6 is 11.6 Å². The standard InChI is InChI=1S/C12H22ClNO3S/c13-7-3-1-2-6-10-18(16,17)11-12(15)14-8-4-5-9-14/h1-11H2. The van der Waals surface area contributed by atoms with Crippen LogP contribution in [-0.4, -0.2) is 49.7 Å². The van der Waals surface area contributed by atoms with Crippen molar-refractivity contribution in [3.63, 3.8) is 0 Å². The van der Waals surface area contributed by atoms with Crippen molar-refractivity contribution in [2.75, 3.05) is 30.5 Å². The Hall–Kier alpha value is -0.290. The summed E-state index contributed by atoms with van der Waals surface area (Å²) < 4.78 is 23.5. The summed E-state index contributed by atoms with van der Waals surface area (Å²) in [5.41, 5.74) is 0. The molecule has 0 aromatic heterocycles. The van der Waals surface area contributed by atoms with Gasteiger partial charge in [0.25, 0.3) is 0 Å². The number of hydrogen-bond acceptors (Lipinski definition) is 3. The summed E-state index contributed by atoms with van der Waals surface area (Å²) >= 11 is 5.54. The highest BCUT2D eigenvalue weighted by molar-refractivity contribution is 7.92. The molecule has 0 bridgehead atoms. The molecule has 4 nitrogen and oxygen atoms in total. The fourth-order valence-corrected chi connectivity index (χ4v) is 3.62. The van der Waals surface area contributed by atoms with Crippen molar-refractivity contribution in [2.45, 2.75) is 38.5 Å². The van der Waals surface area contributed by atoms with Crippen molar-refractivity contribution in [1.29, 1.82) is 0 Å². The van der Waals surface area contributed by atoms with Gasteiger partial charge in [0.1, 0.15) is 5.75 Å². The van der Waals surface area contributed by atoms with Gasteiger partial charge in [-0.25, -0.2) is 8.42 Å². The minimum absolute atomic E-state index is 0.120. The Labute approximate surface area is 115 Å². The van der Waals surface area contributed by atoms with Gasteiger partial charge in [0.15, 0.2) is 9.84 Å². The quantitative estimate of drug-likeness (QED) is 0.507. The molecule has 0 N–H and O–H groups in total. The molecule has 0 aromatic carbocycles. The number of unbranched alkanes of at least 4 members (excludes halogenated alkanes) is 3. The molecular weight excluding hydrogens is 274 g/mol. The van der Waals surface area contributed by atoms with Crippen LogP contribution in [0, 0.1) is 0 Å². The van der Waals surface area contributed by atoms with E-state index >= 15 is 0 Å². The predicted octanol–water partition coefficient (Wildman–Crippen LogP) is 1.82. The molecule has 0 unspecified atom stereocenters. The number of sulfone groups is 1. The van der Waals surface area contributed by atoms with E-state index in [9.17, 15) is 13.2 Å². The lowest BCUT2D eigenvalue weighted by atomic mass is 10.2. The average molecular weight is 296 g/mol. The van der Waals surface area contributed by atoms with Crippen molar-refractivity contribution in [1.82, 2.24) is 4.90 Å². The zero-order chi connectivity index (χ0) is 13.4. The summed E-state index contributed by atoms with van der Waals surface area (Å²) in [6, 6.07) is 0. The molecule has 1 saturated heterocycles. The van der Waals surface area contributed by atoms with E-state index in [-0.39, 0.29) is 17.4 Å². The lowest BCUT2D eigenvalue weighted by Crippen LogP contribution is -2.34. The van der Waals surface area contributed by atoms with E-state index < -0.39 is 9.84 Å². The van der Waals surface area contributed by atoms with Gasteiger partial charge in [-0.15, -0.1) is 11.6 Å². The van der Waals surface area contributed by atoms with E-state index in [2.05, 4.69) is 0 Å². The Kier molecular flexibility index (Phi) is 7.00. The molecule has 0 saturated carbocycles. The largest absolute Gasteiger partial charge is 0.342 e. The van der Waals surface area contributed by atoms with Crippen LogP contribution in [-0.2, 0) is 14.6 Å². The summed E-state index contributed by atoms with van der Waals surface area (Å²) in [7, 11) is -3.23. The number of carbonyl (C=O) groups excluding carboxylic acids is 1. The molecule has 0 aromatic rings. The third-order valence-electron chi connectivity index (χ3n) is 3.14. The van der Waals surface area contributed by atoms with Gasteiger partial charge < -0.3 is 4.90 Å². The molecule has 0 atom stereocenters. The maximum Gasteiger partial charge on any atom is 0.237 e. The van der Waals surface area contributed by atoms with E-state index in [0.29, 0.717) is 25.4 Å². The summed E-state index contributed by atoms with van der Waals surface area (Å²) in [5.74, 6) is 0.200. The predicted molar refractivity (Wildman–Crippen MR) is 73.7 cm³/mol. The number of rotatable bonds is 8. The number of likely N-dealkylation sites (tertiary alicyclic amines) is 1. The molecule has 1 aliphatic heterocycles. The maximum atomic E-state index is 11.8. The van der Waals surface area contributed by atoms with Crippen LogP contribution in [0.25, 0.3) is 0 Å². The van der Waals surface area contributed by atoms with E-state index in [4.69, 9.17) is 11.6 Å². The Morgan fingerprint density at radius 1 is 1.06 bits per heavy atom. The van der Waals surface area contributed by atoms with E-state index in [0.717, 1.165) is 32.1 Å². The van der Waals surface area contributed by atoms with Crippen LogP contribution in [0.3, 0.4) is 0 Å². The summed E-state index contributed by atoms with van der Waals surface area (Å²) in [6.07, 6.45) is 5.36. The molecular formula is C12H22ClNO3S. The first-order valence-corrected chi connectivity index (χ1v) is 8.95. The molecule has 1 fully saturated rings. The molecule has 1 heterocycles. The second-order valence-electron chi connectivity index (χ2n) is 4.78. The van der Waals surface area contributed by atoms with Gasteiger partial charge in [-0.2, -0.15) is 0 Å². The van der Waals surface area contributed by atoms with Gasteiger partial charge in [-0.1, -0.05) is 12.8 Å². The fraction of sp³-hybridized carbons (Fsp3) is 0.917. The van der Waals surface area contributed by atoms with Gasteiger partial charge >= 0.3 is 0 Å². The fourth-order valence-electron chi connectivity index (χ4n) is 2.09. The Morgan fingerprint density at radius 2 is 1.67 bits per heavy atom. The van der Waals surface area contributed by atoms with Gasteiger partial charge in [0, 0.05) is 19.0 Å². The highest BCUT2D eigenvalue weighted by atomic mass is 35.5. The van der Waals surface area contributed by atoms with Crippen molar-refractivity contribution in [3.05, 3.63) is 0 Å². The molecule has 0 radical (unpaired) electrons. The topological polar surface area (TPSA) is 54.5 Å². The number of hydrogen-bond donors (Lipinski definition) is 0. The third-order valence-corrected chi connectivity index (χ3v) is 5.01. The Balaban J connectivity index is 2.23. The molecule has 106 valence electrons. The molecule has 1 rings (SSSR count). The maximum absolute atomic E-state index is 11.8. The second-order valence-corrected chi connectivity index (χ2v) is 7.35. The second kappa shape index (κ2) is 8.00. The lowest BCUT2D eigenvalue weighted by molar-refractivity contribution is -0.127. The van der Waals surface area contributed by atoms with Crippen LogP contribution in [0.5, 0.6) is 0 Å². The minimum atomic E-state index is -3.23. The van der Waals surface area contributed by atoms with Gasteiger partial charge in [-0.05, 0) is 25.7 Å². The molecule has 1 aliphatic rings. The lowest BCUT2D eigenvalue weighted by Gasteiger charge is -2.15. The van der Waals surface area contributed by atoms with Crippen LogP contribution in [0.2, 0.25) is 0 Å². The number of nitrogens with zero attached hydrogens (tertiary/aromatic N) is 1. The van der Waals surface area contributed by atoms with Gasteiger partial charge in [-0.3, -0.25) is 4.79 Å². The molecule has 18 heavy (non-hydrogen) atoms. The number of amides is 1. The Morgan fingerprint density at radius 3 is 2.28 bits per heavy atom. The monoisotopic (exact) mass is 295 g/mol. The zero-order valence-corrected chi connectivity index (χ0v) is 12.3. The molecule has 0 aliphatic carbocycles. The van der Waals surface area contributed by atoms with Crippen molar-refractivity contribution < 1.29 is 13.2 Å². The van der Waals surface area contributed by atoms with E-state index in [1.54, 1.807) is 4.90 Å².